The second kappa shape index (κ2) is 6.81. The predicted octanol–water partition coefficient (Wildman–Crippen LogP) is 2.79. The van der Waals surface area contributed by atoms with Gasteiger partial charge in [0.1, 0.15) is 0 Å². The van der Waals surface area contributed by atoms with Crippen LogP contribution in [0.3, 0.4) is 0 Å². The van der Waals surface area contributed by atoms with Crippen molar-refractivity contribution in [3.05, 3.63) is 0 Å². The standard InChI is InChI=1S/C7H16S2/c1-2-3-4-7(9)5-6-8/h7-9H,2-6H2,1H3. The third-order valence-corrected chi connectivity index (χ3v) is 2.13. The molecule has 0 amide bonds. The SMILES string of the molecule is CCCCC(S)CCS. The molecule has 0 aliphatic rings. The smallest absolute Gasteiger partial charge is 0.00245 e. The van der Waals surface area contributed by atoms with E-state index in [1.54, 1.807) is 0 Å². The summed E-state index contributed by atoms with van der Waals surface area (Å²) in [5.74, 6) is 0.970. The van der Waals surface area contributed by atoms with E-state index in [1.165, 1.54) is 19.3 Å². The van der Waals surface area contributed by atoms with E-state index in [2.05, 4.69) is 32.2 Å². The molecule has 0 aliphatic carbocycles. The highest BCUT2D eigenvalue weighted by Crippen LogP contribution is 2.10. The lowest BCUT2D eigenvalue weighted by Gasteiger charge is -2.05. The summed E-state index contributed by atoms with van der Waals surface area (Å²) in [5.41, 5.74) is 0. The molecule has 0 saturated carbocycles. The molecule has 9 heavy (non-hydrogen) atoms. The van der Waals surface area contributed by atoms with E-state index in [-0.39, 0.29) is 0 Å². The maximum atomic E-state index is 4.40. The summed E-state index contributed by atoms with van der Waals surface area (Å²) in [7, 11) is 0. The fourth-order valence-corrected chi connectivity index (χ4v) is 1.56. The van der Waals surface area contributed by atoms with Crippen molar-refractivity contribution < 1.29 is 0 Å². The molecule has 0 aromatic heterocycles. The molecule has 0 bridgehead atoms. The van der Waals surface area contributed by atoms with Crippen molar-refractivity contribution in [3.8, 4) is 0 Å². The van der Waals surface area contributed by atoms with Gasteiger partial charge in [-0.2, -0.15) is 25.3 Å². The molecule has 0 radical (unpaired) electrons. The summed E-state index contributed by atoms with van der Waals surface area (Å²) in [6.07, 6.45) is 4.98. The van der Waals surface area contributed by atoms with Crippen LogP contribution in [0.1, 0.15) is 32.6 Å². The van der Waals surface area contributed by atoms with Gasteiger partial charge in [-0.05, 0) is 18.6 Å². The maximum Gasteiger partial charge on any atom is 0.00245 e. The molecule has 0 aromatic rings. The van der Waals surface area contributed by atoms with Crippen LogP contribution in [0.5, 0.6) is 0 Å². The number of thiol groups is 2. The van der Waals surface area contributed by atoms with Crippen LogP contribution >= 0.6 is 25.3 Å². The van der Waals surface area contributed by atoms with Crippen molar-refractivity contribution in [2.75, 3.05) is 5.75 Å². The van der Waals surface area contributed by atoms with Gasteiger partial charge in [-0.15, -0.1) is 0 Å². The van der Waals surface area contributed by atoms with Crippen molar-refractivity contribution in [1.82, 2.24) is 0 Å². The molecule has 0 heterocycles. The Morgan fingerprint density at radius 2 is 2.00 bits per heavy atom. The normalized spacial score (nSPS) is 13.7. The predicted molar refractivity (Wildman–Crippen MR) is 50.8 cm³/mol. The fraction of sp³-hybridized carbons (Fsp3) is 1.00. The molecule has 56 valence electrons. The summed E-state index contributed by atoms with van der Waals surface area (Å²) in [5, 5.41) is 0.586. The molecule has 0 nitrogen and oxygen atoms in total. The first-order valence-electron chi connectivity index (χ1n) is 3.60. The Labute approximate surface area is 69.2 Å². The summed E-state index contributed by atoms with van der Waals surface area (Å²) < 4.78 is 0. The van der Waals surface area contributed by atoms with Gasteiger partial charge in [0.15, 0.2) is 0 Å². The van der Waals surface area contributed by atoms with E-state index in [0.29, 0.717) is 5.25 Å². The number of hydrogen-bond donors (Lipinski definition) is 2. The van der Waals surface area contributed by atoms with E-state index >= 15 is 0 Å². The van der Waals surface area contributed by atoms with Crippen LogP contribution in [-0.2, 0) is 0 Å². The molecule has 0 rings (SSSR count). The van der Waals surface area contributed by atoms with Gasteiger partial charge in [0, 0.05) is 5.25 Å². The molecule has 0 saturated heterocycles. The van der Waals surface area contributed by atoms with Gasteiger partial charge in [-0.3, -0.25) is 0 Å². The molecule has 1 unspecified atom stereocenters. The van der Waals surface area contributed by atoms with E-state index in [9.17, 15) is 0 Å². The molecule has 2 heteroatoms. The molecular formula is C7H16S2. The molecular weight excluding hydrogens is 148 g/mol. The van der Waals surface area contributed by atoms with Crippen molar-refractivity contribution in [1.29, 1.82) is 0 Å². The van der Waals surface area contributed by atoms with Crippen LogP contribution in [-0.4, -0.2) is 11.0 Å². The second-order valence-corrected chi connectivity index (χ2v) is 3.49. The number of hydrogen-bond acceptors (Lipinski definition) is 2. The first kappa shape index (κ1) is 9.70. The topological polar surface area (TPSA) is 0 Å². The van der Waals surface area contributed by atoms with Crippen LogP contribution in [0.25, 0.3) is 0 Å². The van der Waals surface area contributed by atoms with E-state index < -0.39 is 0 Å². The summed E-state index contributed by atoms with van der Waals surface area (Å²) in [4.78, 5) is 0. The van der Waals surface area contributed by atoms with Gasteiger partial charge < -0.3 is 0 Å². The van der Waals surface area contributed by atoms with Crippen LogP contribution in [0.4, 0.5) is 0 Å². The lowest BCUT2D eigenvalue weighted by Crippen LogP contribution is -1.98. The summed E-state index contributed by atoms with van der Waals surface area (Å²) >= 11 is 8.53. The zero-order chi connectivity index (χ0) is 7.11. The highest BCUT2D eigenvalue weighted by Gasteiger charge is 1.98. The number of rotatable bonds is 5. The summed E-state index contributed by atoms with van der Waals surface area (Å²) in [6, 6.07) is 0. The average molecular weight is 164 g/mol. The third-order valence-electron chi connectivity index (χ3n) is 1.35. The Hall–Kier alpha value is 0.700. The van der Waals surface area contributed by atoms with Crippen LogP contribution < -0.4 is 0 Å². The second-order valence-electron chi connectivity index (χ2n) is 2.31. The number of unbranched alkanes of at least 4 members (excludes halogenated alkanes) is 1. The summed E-state index contributed by atoms with van der Waals surface area (Å²) in [6.45, 7) is 2.21. The first-order valence-corrected chi connectivity index (χ1v) is 4.75. The van der Waals surface area contributed by atoms with E-state index in [0.717, 1.165) is 12.2 Å². The molecule has 0 N–H and O–H groups in total. The van der Waals surface area contributed by atoms with Gasteiger partial charge in [-0.1, -0.05) is 19.8 Å². The Morgan fingerprint density at radius 1 is 1.33 bits per heavy atom. The first-order chi connectivity index (χ1) is 4.31. The lowest BCUT2D eigenvalue weighted by atomic mass is 10.2. The molecule has 0 fully saturated rings. The van der Waals surface area contributed by atoms with Crippen molar-refractivity contribution in [3.63, 3.8) is 0 Å². The Balaban J connectivity index is 2.95. The molecule has 0 spiro atoms. The fourth-order valence-electron chi connectivity index (χ4n) is 0.733. The Kier molecular flexibility index (Phi) is 7.34. The quantitative estimate of drug-likeness (QED) is 0.574. The van der Waals surface area contributed by atoms with E-state index in [1.807, 2.05) is 0 Å². The van der Waals surface area contributed by atoms with Crippen molar-refractivity contribution in [2.45, 2.75) is 37.9 Å². The average Bonchev–Trinajstić information content (AvgIpc) is 1.85. The van der Waals surface area contributed by atoms with Crippen LogP contribution in [0.2, 0.25) is 0 Å². The van der Waals surface area contributed by atoms with Gasteiger partial charge in [-0.25, -0.2) is 0 Å². The Morgan fingerprint density at radius 3 is 2.44 bits per heavy atom. The molecule has 1 atom stereocenters. The van der Waals surface area contributed by atoms with Gasteiger partial charge in [0.2, 0.25) is 0 Å². The van der Waals surface area contributed by atoms with Crippen molar-refractivity contribution in [2.24, 2.45) is 0 Å². The third kappa shape index (κ3) is 6.59. The van der Waals surface area contributed by atoms with Gasteiger partial charge in [0.05, 0.1) is 0 Å². The monoisotopic (exact) mass is 164 g/mol. The van der Waals surface area contributed by atoms with Crippen LogP contribution in [0, 0.1) is 0 Å². The van der Waals surface area contributed by atoms with Crippen LogP contribution in [0.15, 0.2) is 0 Å². The van der Waals surface area contributed by atoms with Crippen molar-refractivity contribution >= 4 is 25.3 Å². The minimum absolute atomic E-state index is 0.586. The lowest BCUT2D eigenvalue weighted by molar-refractivity contribution is 0.677. The highest BCUT2D eigenvalue weighted by molar-refractivity contribution is 7.81. The van der Waals surface area contributed by atoms with E-state index in [4.69, 9.17) is 0 Å². The molecule has 0 aliphatic heterocycles. The largest absolute Gasteiger partial charge is 0.179 e. The minimum atomic E-state index is 0.586. The van der Waals surface area contributed by atoms with Gasteiger partial charge >= 0.3 is 0 Å². The highest BCUT2D eigenvalue weighted by atomic mass is 32.1. The molecule has 0 aromatic carbocycles. The minimum Gasteiger partial charge on any atom is -0.179 e. The van der Waals surface area contributed by atoms with Gasteiger partial charge in [0.25, 0.3) is 0 Å². The zero-order valence-electron chi connectivity index (χ0n) is 6.01. The maximum absolute atomic E-state index is 4.40. The zero-order valence-corrected chi connectivity index (χ0v) is 7.80. The Bertz CT molecular complexity index is 54.9.